The average molecular weight is 1370 g/mol. The Balaban J connectivity index is 1.26. The van der Waals surface area contributed by atoms with Crippen molar-refractivity contribution < 1.29 is 18.9 Å². The molecule has 2 aromatic carbocycles. The number of hydrogen-bond acceptors (Lipinski definition) is 6. The van der Waals surface area contributed by atoms with Gasteiger partial charge in [-0.1, -0.05) is 411 Å². The zero-order valence-corrected chi connectivity index (χ0v) is 65.7. The molecule has 0 aliphatic heterocycles. The van der Waals surface area contributed by atoms with Crippen molar-refractivity contribution in [2.24, 2.45) is 0 Å². The fourth-order valence-corrected chi connectivity index (χ4v) is 13.8. The monoisotopic (exact) mass is 1370 g/mol. The first-order chi connectivity index (χ1) is 49.6. The van der Waals surface area contributed by atoms with E-state index in [9.17, 15) is 0 Å². The van der Waals surface area contributed by atoms with Gasteiger partial charge in [0.25, 0.3) is 0 Å². The first-order valence-corrected chi connectivity index (χ1v) is 43.4. The summed E-state index contributed by atoms with van der Waals surface area (Å²) >= 11 is 0. The highest BCUT2D eigenvalue weighted by Gasteiger charge is 2.11. The zero-order chi connectivity index (χ0) is 70.6. The molecular formula is C94H152N2O4. The fourth-order valence-electron chi connectivity index (χ4n) is 13.8. The third-order valence-corrected chi connectivity index (χ3v) is 20.4. The molecule has 0 bridgehead atoms. The smallest absolute Gasteiger partial charge is 0.162 e. The van der Waals surface area contributed by atoms with Crippen LogP contribution in [-0.4, -0.2) is 36.4 Å². The predicted octanol–water partition coefficient (Wildman–Crippen LogP) is 29.9. The Labute approximate surface area is 618 Å². The Morgan fingerprint density at radius 1 is 0.200 bits per heavy atom. The lowest BCUT2D eigenvalue weighted by molar-refractivity contribution is 0.258. The van der Waals surface area contributed by atoms with Gasteiger partial charge >= 0.3 is 0 Å². The molecule has 6 heteroatoms. The van der Waals surface area contributed by atoms with Gasteiger partial charge in [-0.15, -0.1) is 0 Å². The van der Waals surface area contributed by atoms with Gasteiger partial charge in [-0.2, -0.15) is 0 Å². The molecule has 0 atom stereocenters. The van der Waals surface area contributed by atoms with Crippen LogP contribution in [0.1, 0.15) is 435 Å². The molecule has 4 rings (SSSR count). The van der Waals surface area contributed by atoms with E-state index >= 15 is 0 Å². The Morgan fingerprint density at radius 2 is 0.380 bits per heavy atom. The molecule has 0 aliphatic rings. The molecule has 2 aromatic heterocycles. The van der Waals surface area contributed by atoms with Gasteiger partial charge in [0.05, 0.1) is 37.8 Å². The fraction of sp³-hybridized carbons (Fsp3) is 0.723. The molecule has 0 saturated heterocycles. The SMILES string of the molecule is CCCCCCCCCCCCCCCCCOc1ccc(C#Cc2ccc(-c3ccc(C#Cc4ccc(OCCCCCCCCCCCCCCCCC)c(OCCCCCCCCCCCCCCCCC)c4)cn3)nc2)cc1OCCCCCCCCCCCCCCCCC. The normalized spacial score (nSPS) is 11.2. The van der Waals surface area contributed by atoms with Gasteiger partial charge in [-0.25, -0.2) is 0 Å². The summed E-state index contributed by atoms with van der Waals surface area (Å²) in [6.07, 6.45) is 84.9. The lowest BCUT2D eigenvalue weighted by Crippen LogP contribution is -2.03. The van der Waals surface area contributed by atoms with E-state index in [4.69, 9.17) is 28.9 Å². The lowest BCUT2D eigenvalue weighted by Gasteiger charge is -2.13. The Bertz CT molecular complexity index is 2410. The maximum absolute atomic E-state index is 6.50. The van der Waals surface area contributed by atoms with E-state index in [1.165, 1.54) is 360 Å². The highest BCUT2D eigenvalue weighted by Crippen LogP contribution is 2.31. The van der Waals surface area contributed by atoms with Gasteiger partial charge in [-0.05, 0) is 86.3 Å². The molecular weight excluding hydrogens is 1220 g/mol. The molecule has 562 valence electrons. The van der Waals surface area contributed by atoms with Crippen LogP contribution in [0, 0.1) is 23.7 Å². The van der Waals surface area contributed by atoms with Gasteiger partial charge in [0.15, 0.2) is 23.0 Å². The number of benzene rings is 2. The van der Waals surface area contributed by atoms with Crippen molar-refractivity contribution in [3.05, 3.63) is 95.3 Å². The lowest BCUT2D eigenvalue weighted by atomic mass is 10.0. The quantitative estimate of drug-likeness (QED) is 0.0324. The number of ether oxygens (including phenoxy) is 4. The van der Waals surface area contributed by atoms with Crippen LogP contribution in [0.25, 0.3) is 11.4 Å². The van der Waals surface area contributed by atoms with E-state index < -0.39 is 0 Å². The molecule has 0 fully saturated rings. The molecule has 0 amide bonds. The van der Waals surface area contributed by atoms with Crippen molar-refractivity contribution in [1.29, 1.82) is 0 Å². The second kappa shape index (κ2) is 66.0. The summed E-state index contributed by atoms with van der Waals surface area (Å²) in [5.41, 5.74) is 5.10. The van der Waals surface area contributed by atoms with Crippen molar-refractivity contribution in [3.63, 3.8) is 0 Å². The summed E-state index contributed by atoms with van der Waals surface area (Å²) in [5.74, 6) is 16.8. The summed E-state index contributed by atoms with van der Waals surface area (Å²) in [7, 11) is 0. The molecule has 0 spiro atoms. The number of unbranched alkanes of at least 4 members (excludes halogenated alkanes) is 56. The molecule has 4 aromatic rings. The summed E-state index contributed by atoms with van der Waals surface area (Å²) < 4.78 is 25.9. The van der Waals surface area contributed by atoms with E-state index in [1.807, 2.05) is 36.7 Å². The topological polar surface area (TPSA) is 62.7 Å². The van der Waals surface area contributed by atoms with Crippen molar-refractivity contribution in [2.75, 3.05) is 26.4 Å². The Kier molecular flexibility index (Phi) is 57.8. The van der Waals surface area contributed by atoms with Crippen LogP contribution in [0.2, 0.25) is 0 Å². The van der Waals surface area contributed by atoms with Crippen LogP contribution in [0.4, 0.5) is 0 Å². The van der Waals surface area contributed by atoms with Crippen molar-refractivity contribution >= 4 is 0 Å². The molecule has 0 aliphatic carbocycles. The van der Waals surface area contributed by atoms with Gasteiger partial charge < -0.3 is 18.9 Å². The number of rotatable bonds is 69. The third-order valence-electron chi connectivity index (χ3n) is 20.4. The Morgan fingerprint density at radius 3 is 0.580 bits per heavy atom. The van der Waals surface area contributed by atoms with E-state index in [1.54, 1.807) is 0 Å². The maximum atomic E-state index is 6.50. The largest absolute Gasteiger partial charge is 0.490 e. The minimum atomic E-state index is 0.691. The van der Waals surface area contributed by atoms with Crippen LogP contribution >= 0.6 is 0 Å². The minimum absolute atomic E-state index is 0.691. The van der Waals surface area contributed by atoms with Crippen LogP contribution in [0.15, 0.2) is 73.1 Å². The molecule has 0 saturated carbocycles. The second-order valence-electron chi connectivity index (χ2n) is 29.9. The van der Waals surface area contributed by atoms with Crippen molar-refractivity contribution in [3.8, 4) is 58.1 Å². The van der Waals surface area contributed by atoms with Crippen LogP contribution in [0.3, 0.4) is 0 Å². The van der Waals surface area contributed by atoms with Crippen LogP contribution in [-0.2, 0) is 0 Å². The number of pyridine rings is 2. The number of hydrogen-bond donors (Lipinski definition) is 0. The third kappa shape index (κ3) is 48.9. The first kappa shape index (κ1) is 87.5. The molecule has 0 radical (unpaired) electrons. The summed E-state index contributed by atoms with van der Waals surface area (Å²) in [6.45, 7) is 12.0. The van der Waals surface area contributed by atoms with Gasteiger partial charge in [0.1, 0.15) is 0 Å². The molecule has 0 unspecified atom stereocenters. The Hall–Kier alpha value is -4.94. The molecule has 6 nitrogen and oxygen atoms in total. The second-order valence-corrected chi connectivity index (χ2v) is 29.9. The first-order valence-electron chi connectivity index (χ1n) is 43.4. The average Bonchev–Trinajstić information content (AvgIpc) is 0.905. The van der Waals surface area contributed by atoms with Gasteiger partial charge in [0, 0.05) is 34.6 Å². The van der Waals surface area contributed by atoms with Crippen LogP contribution in [0.5, 0.6) is 23.0 Å². The number of aromatic nitrogens is 2. The summed E-state index contributed by atoms with van der Waals surface area (Å²) in [4.78, 5) is 9.60. The van der Waals surface area contributed by atoms with E-state index in [0.29, 0.717) is 26.4 Å². The number of nitrogens with zero attached hydrogens (tertiary/aromatic N) is 2. The highest BCUT2D eigenvalue weighted by atomic mass is 16.5. The summed E-state index contributed by atoms with van der Waals surface area (Å²) in [5, 5.41) is 0. The van der Waals surface area contributed by atoms with Crippen molar-refractivity contribution in [2.45, 2.75) is 413 Å². The van der Waals surface area contributed by atoms with Gasteiger partial charge in [-0.3, -0.25) is 9.97 Å². The molecule has 2 heterocycles. The standard InChI is InChI=1S/C94H152N2O4/c1-5-9-13-17-21-25-29-33-37-41-45-49-53-57-61-77-97-91-75-71-85(81-93(91)99-79-63-59-55-51-47-43-39-35-31-27-23-19-15-11-7-3)65-67-87-69-73-89(95-83-87)90-74-70-88(84-96-90)68-66-86-72-76-92(98-78-62-58-54-50-46-42-38-34-30-26-22-18-14-10-6-2)94(82-86)100-80-64-60-56-52-48-44-40-36-32-28-24-20-16-12-8-4/h69-76,81-84H,5-64,77-80H2,1-4H3. The summed E-state index contributed by atoms with van der Waals surface area (Å²) in [6, 6.07) is 20.4. The molecule has 100 heavy (non-hydrogen) atoms. The van der Waals surface area contributed by atoms with E-state index in [-0.39, 0.29) is 0 Å². The highest BCUT2D eigenvalue weighted by molar-refractivity contribution is 5.57. The predicted molar refractivity (Wildman–Crippen MR) is 434 cm³/mol. The van der Waals surface area contributed by atoms with Crippen LogP contribution < -0.4 is 18.9 Å². The minimum Gasteiger partial charge on any atom is -0.490 e. The van der Waals surface area contributed by atoms with Gasteiger partial charge in [0.2, 0.25) is 0 Å². The molecule has 0 N–H and O–H groups in total. The zero-order valence-electron chi connectivity index (χ0n) is 65.7. The van der Waals surface area contributed by atoms with Crippen molar-refractivity contribution in [1.82, 2.24) is 9.97 Å². The van der Waals surface area contributed by atoms with E-state index in [0.717, 1.165) is 82.3 Å². The van der Waals surface area contributed by atoms with E-state index in [2.05, 4.69) is 87.8 Å². The maximum Gasteiger partial charge on any atom is 0.162 e.